The first-order chi connectivity index (χ1) is 13.3. The van der Waals surface area contributed by atoms with Crippen LogP contribution >= 0.6 is 24.2 Å². The number of alkyl halides is 1. The molecule has 0 aromatic heterocycles. The number of benzene rings is 1. The second-order valence-electron chi connectivity index (χ2n) is 6.52. The van der Waals surface area contributed by atoms with Crippen molar-refractivity contribution >= 4 is 24.2 Å². The van der Waals surface area contributed by atoms with Gasteiger partial charge >= 0.3 is 0 Å². The van der Waals surface area contributed by atoms with E-state index in [2.05, 4.69) is 24.5 Å². The van der Waals surface area contributed by atoms with Crippen molar-refractivity contribution in [2.45, 2.75) is 75.4 Å². The predicted octanol–water partition coefficient (Wildman–Crippen LogP) is 3.12. The van der Waals surface area contributed by atoms with E-state index in [1.54, 1.807) is 6.08 Å². The first-order valence-corrected chi connectivity index (χ1v) is 10.6. The van der Waals surface area contributed by atoms with Crippen LogP contribution in [0.25, 0.3) is 0 Å². The predicted molar refractivity (Wildman–Crippen MR) is 120 cm³/mol. The zero-order chi connectivity index (χ0) is 21.5. The Balaban J connectivity index is 0.000000683. The number of nitrogens with one attached hydrogen (secondary N) is 1. The largest absolute Gasteiger partial charge is 0.390 e. The lowest BCUT2D eigenvalue weighted by Gasteiger charge is -2.37. The molecule has 1 heterocycles. The molecule has 1 aromatic rings. The molecule has 0 amide bonds. The molecule has 0 spiro atoms. The third kappa shape index (κ3) is 12.1. The highest BCUT2D eigenvalue weighted by atomic mass is 35.5. The van der Waals surface area contributed by atoms with Crippen molar-refractivity contribution in [2.75, 3.05) is 6.54 Å². The Morgan fingerprint density at radius 1 is 1.36 bits per heavy atom. The van der Waals surface area contributed by atoms with Gasteiger partial charge in [0.05, 0.1) is 17.7 Å². The lowest BCUT2D eigenvalue weighted by Crippen LogP contribution is -2.52. The number of hydrogen-bond donors (Lipinski definition) is 5. The van der Waals surface area contributed by atoms with Crippen molar-refractivity contribution in [3.05, 3.63) is 48.6 Å². The Bertz CT molecular complexity index is 506. The lowest BCUT2D eigenvalue weighted by atomic mass is 9.94. The van der Waals surface area contributed by atoms with Gasteiger partial charge in [-0.2, -0.15) is 0 Å². The minimum absolute atomic E-state index is 0.120. The van der Waals surface area contributed by atoms with Gasteiger partial charge in [-0.15, -0.1) is 30.8 Å². The van der Waals surface area contributed by atoms with Gasteiger partial charge in [-0.25, -0.2) is 0 Å². The number of ether oxygens (including phenoxy) is 1. The molecule has 0 radical (unpaired) electrons. The fraction of sp³-hybridized carbons (Fsp3) is 0.619. The Morgan fingerprint density at radius 3 is 2.39 bits per heavy atom. The molecule has 0 saturated carbocycles. The van der Waals surface area contributed by atoms with E-state index in [1.165, 1.54) is 0 Å². The summed E-state index contributed by atoms with van der Waals surface area (Å²) in [6, 6.07) is 9.81. The fourth-order valence-corrected chi connectivity index (χ4v) is 3.12. The average molecular weight is 434 g/mol. The summed E-state index contributed by atoms with van der Waals surface area (Å²) in [5.74, 6) is 0. The van der Waals surface area contributed by atoms with Gasteiger partial charge in [0.15, 0.2) is 0 Å². The molecule has 28 heavy (non-hydrogen) atoms. The summed E-state index contributed by atoms with van der Waals surface area (Å²) in [5, 5.41) is 32.6. The van der Waals surface area contributed by atoms with Crippen LogP contribution in [0.15, 0.2) is 43.0 Å². The van der Waals surface area contributed by atoms with Gasteiger partial charge in [0, 0.05) is 6.42 Å². The Labute approximate surface area is 180 Å². The summed E-state index contributed by atoms with van der Waals surface area (Å²) in [7, 11) is 0. The number of halogens is 1. The quantitative estimate of drug-likeness (QED) is 0.206. The summed E-state index contributed by atoms with van der Waals surface area (Å²) < 4.78 is 5.42. The molecule has 162 valence electrons. The van der Waals surface area contributed by atoms with Crippen LogP contribution < -0.4 is 5.32 Å². The smallest absolute Gasteiger partial charge is 0.113 e. The minimum atomic E-state index is -1.06. The maximum Gasteiger partial charge on any atom is 0.113 e. The van der Waals surface area contributed by atoms with Crippen molar-refractivity contribution in [1.29, 1.82) is 0 Å². The van der Waals surface area contributed by atoms with Gasteiger partial charge < -0.3 is 25.4 Å². The van der Waals surface area contributed by atoms with Crippen LogP contribution in [0.3, 0.4) is 0 Å². The zero-order valence-electron chi connectivity index (χ0n) is 17.0. The standard InChI is InChI=1S/C14H20O4S.C4H10ClN.C3H6/c15-10(7-6-9-4-2-1-3-5-9)14-13(17)11(16)8-12(19)18-14;1-3-6-4(2)5;1-3-2/h1-5,10-17,19H,6-8H2;4,6H,3H2,1-2H3;3H,1H2,2H3/t10?,11?,12-,13+,14?;;/m1../s1. The Kier molecular flexibility index (Phi) is 15.9. The van der Waals surface area contributed by atoms with E-state index in [0.717, 1.165) is 12.1 Å². The second-order valence-corrected chi connectivity index (χ2v) is 7.75. The van der Waals surface area contributed by atoms with Crippen LogP contribution in [0.1, 0.15) is 39.2 Å². The van der Waals surface area contributed by atoms with E-state index in [4.69, 9.17) is 16.3 Å². The zero-order valence-corrected chi connectivity index (χ0v) is 18.7. The van der Waals surface area contributed by atoms with E-state index < -0.39 is 29.9 Å². The fourth-order valence-electron chi connectivity index (χ4n) is 2.61. The Morgan fingerprint density at radius 2 is 1.93 bits per heavy atom. The first kappa shape index (κ1) is 27.4. The van der Waals surface area contributed by atoms with Gasteiger partial charge in [0.1, 0.15) is 17.6 Å². The highest BCUT2D eigenvalue weighted by Crippen LogP contribution is 2.26. The minimum Gasteiger partial charge on any atom is -0.390 e. The summed E-state index contributed by atoms with van der Waals surface area (Å²) in [6.07, 6.45) is -0.371. The molecule has 1 aromatic carbocycles. The molecule has 4 N–H and O–H groups in total. The van der Waals surface area contributed by atoms with Crippen LogP contribution in [-0.2, 0) is 11.2 Å². The number of aliphatic hydroxyl groups excluding tert-OH is 3. The number of rotatable bonds is 6. The van der Waals surface area contributed by atoms with E-state index in [-0.39, 0.29) is 11.9 Å². The topological polar surface area (TPSA) is 82.0 Å². The molecular formula is C21H36ClNO4S. The molecule has 1 aliphatic rings. The number of allylic oxidation sites excluding steroid dienone is 1. The first-order valence-electron chi connectivity index (χ1n) is 9.62. The van der Waals surface area contributed by atoms with Crippen LogP contribution in [-0.4, -0.2) is 57.2 Å². The van der Waals surface area contributed by atoms with E-state index in [1.807, 2.05) is 51.1 Å². The lowest BCUT2D eigenvalue weighted by molar-refractivity contribution is -0.179. The van der Waals surface area contributed by atoms with Crippen molar-refractivity contribution in [3.8, 4) is 0 Å². The number of hydrogen-bond acceptors (Lipinski definition) is 6. The molecule has 4 unspecified atom stereocenters. The number of aliphatic hydroxyl groups is 3. The highest BCUT2D eigenvalue weighted by molar-refractivity contribution is 7.80. The molecule has 1 aliphatic heterocycles. The van der Waals surface area contributed by atoms with E-state index in [0.29, 0.717) is 12.8 Å². The van der Waals surface area contributed by atoms with Crippen LogP contribution in [0.4, 0.5) is 0 Å². The molecule has 2 rings (SSSR count). The number of thiol groups is 1. The monoisotopic (exact) mass is 433 g/mol. The average Bonchev–Trinajstić information content (AvgIpc) is 2.64. The van der Waals surface area contributed by atoms with Crippen molar-refractivity contribution in [3.63, 3.8) is 0 Å². The molecule has 1 saturated heterocycles. The molecule has 0 bridgehead atoms. The van der Waals surface area contributed by atoms with E-state index >= 15 is 0 Å². The highest BCUT2D eigenvalue weighted by Gasteiger charge is 2.39. The summed E-state index contributed by atoms with van der Waals surface area (Å²) in [4.78, 5) is 0. The number of aryl methyl sites for hydroxylation is 1. The van der Waals surface area contributed by atoms with Crippen molar-refractivity contribution in [2.24, 2.45) is 0 Å². The normalized spacial score (nSPS) is 26.0. The molecule has 1 fully saturated rings. The molecule has 5 nitrogen and oxygen atoms in total. The van der Waals surface area contributed by atoms with Crippen molar-refractivity contribution in [1.82, 2.24) is 5.32 Å². The van der Waals surface area contributed by atoms with Gasteiger partial charge in [0.2, 0.25) is 0 Å². The third-order valence-corrected chi connectivity index (χ3v) is 4.41. The molecule has 7 heteroatoms. The van der Waals surface area contributed by atoms with Gasteiger partial charge in [-0.05, 0) is 38.8 Å². The van der Waals surface area contributed by atoms with Gasteiger partial charge in [-0.3, -0.25) is 0 Å². The van der Waals surface area contributed by atoms with Gasteiger partial charge in [-0.1, -0.05) is 43.3 Å². The van der Waals surface area contributed by atoms with Crippen LogP contribution in [0.5, 0.6) is 0 Å². The van der Waals surface area contributed by atoms with Gasteiger partial charge in [0.25, 0.3) is 0 Å². The maximum absolute atomic E-state index is 10.1. The SMILES string of the molecule is C=CC.CCNC(C)Cl.OC(CCc1ccccc1)C1O[C@H](S)CC(O)[C@@H]1O. The van der Waals surface area contributed by atoms with Crippen LogP contribution in [0, 0.1) is 0 Å². The summed E-state index contributed by atoms with van der Waals surface area (Å²) >= 11 is 9.62. The van der Waals surface area contributed by atoms with Crippen LogP contribution in [0.2, 0.25) is 0 Å². The maximum atomic E-state index is 10.1. The van der Waals surface area contributed by atoms with Crippen molar-refractivity contribution < 1.29 is 20.1 Å². The molecule has 0 aliphatic carbocycles. The Hall–Kier alpha value is -0.600. The second kappa shape index (κ2) is 16.2. The third-order valence-electron chi connectivity index (χ3n) is 3.92. The molecule has 6 atom stereocenters. The molecular weight excluding hydrogens is 398 g/mol. The van der Waals surface area contributed by atoms with E-state index in [9.17, 15) is 15.3 Å². The summed E-state index contributed by atoms with van der Waals surface area (Å²) in [5.41, 5.74) is 0.791. The summed E-state index contributed by atoms with van der Waals surface area (Å²) in [6.45, 7) is 10.1.